The van der Waals surface area contributed by atoms with Gasteiger partial charge in [-0.2, -0.15) is 5.10 Å². The zero-order valence-electron chi connectivity index (χ0n) is 12.5. The predicted molar refractivity (Wildman–Crippen MR) is 82.6 cm³/mol. The normalized spacial score (nSPS) is 15.0. The lowest BCUT2D eigenvalue weighted by Gasteiger charge is -2.27. The Morgan fingerprint density at radius 3 is 2.62 bits per heavy atom. The second-order valence-corrected chi connectivity index (χ2v) is 5.67. The van der Waals surface area contributed by atoms with Gasteiger partial charge in [-0.1, -0.05) is 31.2 Å². The fourth-order valence-electron chi connectivity index (χ4n) is 2.80. The van der Waals surface area contributed by atoms with E-state index in [1.807, 2.05) is 38.1 Å². The zero-order chi connectivity index (χ0) is 15.0. The maximum absolute atomic E-state index is 12.8. The molecule has 0 saturated heterocycles. The van der Waals surface area contributed by atoms with E-state index in [0.717, 1.165) is 30.4 Å². The Morgan fingerprint density at radius 2 is 2.05 bits per heavy atom. The summed E-state index contributed by atoms with van der Waals surface area (Å²) >= 11 is 0. The molecule has 0 bridgehead atoms. The summed E-state index contributed by atoms with van der Waals surface area (Å²) in [7, 11) is 0. The Balaban J connectivity index is 2.28. The standard InChI is InChI=1S/C17H20N2O2/c1-3-14-16(20)15(13-10-5-4-7-11(13)2)17(21)19(18-14)12-8-6-9-12/h4-5,7,10,12,20H,3,6,8-9H2,1-2H3. The number of aromatic nitrogens is 2. The zero-order valence-corrected chi connectivity index (χ0v) is 12.5. The molecule has 3 rings (SSSR count). The molecule has 0 atom stereocenters. The molecule has 0 aliphatic heterocycles. The Morgan fingerprint density at radius 1 is 1.33 bits per heavy atom. The van der Waals surface area contributed by atoms with Gasteiger partial charge in [0.15, 0.2) is 5.75 Å². The Labute approximate surface area is 124 Å². The van der Waals surface area contributed by atoms with Crippen LogP contribution in [-0.4, -0.2) is 14.9 Å². The monoisotopic (exact) mass is 284 g/mol. The first-order chi connectivity index (χ1) is 10.1. The minimum absolute atomic E-state index is 0.0346. The molecule has 0 spiro atoms. The molecular formula is C17H20N2O2. The van der Waals surface area contributed by atoms with E-state index >= 15 is 0 Å². The van der Waals surface area contributed by atoms with Crippen LogP contribution in [-0.2, 0) is 6.42 Å². The fourth-order valence-corrected chi connectivity index (χ4v) is 2.80. The van der Waals surface area contributed by atoms with Gasteiger partial charge in [0.2, 0.25) is 0 Å². The van der Waals surface area contributed by atoms with Crippen molar-refractivity contribution in [3.63, 3.8) is 0 Å². The minimum Gasteiger partial charge on any atom is -0.505 e. The van der Waals surface area contributed by atoms with Gasteiger partial charge >= 0.3 is 0 Å². The average molecular weight is 284 g/mol. The van der Waals surface area contributed by atoms with Crippen molar-refractivity contribution in [2.45, 2.75) is 45.6 Å². The van der Waals surface area contributed by atoms with E-state index < -0.39 is 0 Å². The highest BCUT2D eigenvalue weighted by Crippen LogP contribution is 2.34. The van der Waals surface area contributed by atoms with Crippen molar-refractivity contribution in [2.75, 3.05) is 0 Å². The lowest BCUT2D eigenvalue weighted by molar-refractivity contribution is 0.274. The molecule has 1 aromatic carbocycles. The molecular weight excluding hydrogens is 264 g/mol. The van der Waals surface area contributed by atoms with E-state index in [-0.39, 0.29) is 17.4 Å². The molecule has 1 aromatic heterocycles. The van der Waals surface area contributed by atoms with Gasteiger partial charge < -0.3 is 5.11 Å². The Bertz CT molecular complexity index is 730. The number of nitrogens with zero attached hydrogens (tertiary/aromatic N) is 2. The van der Waals surface area contributed by atoms with Crippen LogP contribution in [0.25, 0.3) is 11.1 Å². The average Bonchev–Trinajstić information content (AvgIpc) is 2.42. The molecule has 0 radical (unpaired) electrons. The quantitative estimate of drug-likeness (QED) is 0.941. The Hall–Kier alpha value is -2.10. The maximum Gasteiger partial charge on any atom is 0.278 e. The van der Waals surface area contributed by atoms with Crippen LogP contribution in [0, 0.1) is 6.92 Å². The fraction of sp³-hybridized carbons (Fsp3) is 0.412. The van der Waals surface area contributed by atoms with E-state index in [1.54, 1.807) is 4.68 Å². The topological polar surface area (TPSA) is 55.1 Å². The van der Waals surface area contributed by atoms with Crippen molar-refractivity contribution in [3.8, 4) is 16.9 Å². The first kappa shape index (κ1) is 13.9. The van der Waals surface area contributed by atoms with E-state index in [0.29, 0.717) is 17.7 Å². The second-order valence-electron chi connectivity index (χ2n) is 5.67. The van der Waals surface area contributed by atoms with Crippen LogP contribution in [0.4, 0.5) is 0 Å². The number of benzene rings is 1. The molecule has 1 aliphatic rings. The highest BCUT2D eigenvalue weighted by atomic mass is 16.3. The van der Waals surface area contributed by atoms with Gasteiger partial charge in [-0.15, -0.1) is 0 Å². The molecule has 1 fully saturated rings. The van der Waals surface area contributed by atoms with E-state index in [9.17, 15) is 9.90 Å². The molecule has 4 nitrogen and oxygen atoms in total. The third-order valence-corrected chi connectivity index (χ3v) is 4.33. The summed E-state index contributed by atoms with van der Waals surface area (Å²) in [6.07, 6.45) is 3.74. The SMILES string of the molecule is CCc1nn(C2CCC2)c(=O)c(-c2ccccc2C)c1O. The van der Waals surface area contributed by atoms with Crippen LogP contribution in [0.3, 0.4) is 0 Å². The molecule has 1 aliphatic carbocycles. The number of hydrogen-bond donors (Lipinski definition) is 1. The van der Waals surface area contributed by atoms with Crippen molar-refractivity contribution >= 4 is 0 Å². The summed E-state index contributed by atoms with van der Waals surface area (Å²) in [4.78, 5) is 12.8. The molecule has 1 saturated carbocycles. The lowest BCUT2D eigenvalue weighted by atomic mass is 9.92. The predicted octanol–water partition coefficient (Wildman–Crippen LogP) is 3.21. The number of aryl methyl sites for hydroxylation is 2. The van der Waals surface area contributed by atoms with Crippen LogP contribution < -0.4 is 5.56 Å². The molecule has 1 heterocycles. The van der Waals surface area contributed by atoms with Crippen LogP contribution in [0.5, 0.6) is 5.75 Å². The largest absolute Gasteiger partial charge is 0.505 e. The Kier molecular flexibility index (Phi) is 3.53. The summed E-state index contributed by atoms with van der Waals surface area (Å²) in [6, 6.07) is 7.85. The van der Waals surface area contributed by atoms with E-state index in [4.69, 9.17) is 0 Å². The summed E-state index contributed by atoms with van der Waals surface area (Å²) < 4.78 is 1.59. The first-order valence-corrected chi connectivity index (χ1v) is 7.54. The molecule has 4 heteroatoms. The van der Waals surface area contributed by atoms with Crippen molar-refractivity contribution in [2.24, 2.45) is 0 Å². The van der Waals surface area contributed by atoms with E-state index in [2.05, 4.69) is 5.10 Å². The molecule has 0 amide bonds. The first-order valence-electron chi connectivity index (χ1n) is 7.54. The summed E-state index contributed by atoms with van der Waals surface area (Å²) in [6.45, 7) is 3.90. The van der Waals surface area contributed by atoms with Gasteiger partial charge in [0.1, 0.15) is 5.69 Å². The third-order valence-electron chi connectivity index (χ3n) is 4.33. The molecule has 1 N–H and O–H groups in total. The number of rotatable bonds is 3. The second kappa shape index (κ2) is 5.35. The smallest absolute Gasteiger partial charge is 0.278 e. The third kappa shape index (κ3) is 2.24. The summed E-state index contributed by atoms with van der Waals surface area (Å²) in [5, 5.41) is 14.9. The molecule has 0 unspecified atom stereocenters. The maximum atomic E-state index is 12.8. The summed E-state index contributed by atoms with van der Waals surface area (Å²) in [5.41, 5.74) is 2.60. The highest BCUT2D eigenvalue weighted by Gasteiger charge is 2.26. The van der Waals surface area contributed by atoms with Gasteiger partial charge in [0.05, 0.1) is 11.6 Å². The molecule has 110 valence electrons. The highest BCUT2D eigenvalue weighted by molar-refractivity contribution is 5.72. The van der Waals surface area contributed by atoms with Crippen LogP contribution in [0.1, 0.15) is 43.5 Å². The summed E-state index contributed by atoms with van der Waals surface area (Å²) in [5.74, 6) is 0.0346. The van der Waals surface area contributed by atoms with E-state index in [1.165, 1.54) is 0 Å². The van der Waals surface area contributed by atoms with Crippen molar-refractivity contribution in [1.82, 2.24) is 9.78 Å². The lowest BCUT2D eigenvalue weighted by Crippen LogP contribution is -2.33. The van der Waals surface area contributed by atoms with Crippen LogP contribution in [0.2, 0.25) is 0 Å². The molecule has 21 heavy (non-hydrogen) atoms. The van der Waals surface area contributed by atoms with Gasteiger partial charge in [0.25, 0.3) is 5.56 Å². The minimum atomic E-state index is -0.177. The number of aromatic hydroxyl groups is 1. The van der Waals surface area contributed by atoms with Gasteiger partial charge in [-0.05, 0) is 43.7 Å². The van der Waals surface area contributed by atoms with Crippen LogP contribution >= 0.6 is 0 Å². The van der Waals surface area contributed by atoms with Crippen molar-refractivity contribution < 1.29 is 5.11 Å². The van der Waals surface area contributed by atoms with Crippen molar-refractivity contribution in [3.05, 3.63) is 45.9 Å². The van der Waals surface area contributed by atoms with Gasteiger partial charge in [0, 0.05) is 0 Å². The van der Waals surface area contributed by atoms with Crippen LogP contribution in [0.15, 0.2) is 29.1 Å². The molecule has 2 aromatic rings. The number of hydrogen-bond acceptors (Lipinski definition) is 3. The van der Waals surface area contributed by atoms with Gasteiger partial charge in [-0.3, -0.25) is 4.79 Å². The van der Waals surface area contributed by atoms with Crippen molar-refractivity contribution in [1.29, 1.82) is 0 Å². The van der Waals surface area contributed by atoms with Gasteiger partial charge in [-0.25, -0.2) is 4.68 Å².